The highest BCUT2D eigenvalue weighted by molar-refractivity contribution is 5.92. The van der Waals surface area contributed by atoms with E-state index >= 15 is 0 Å². The molecule has 15 nitrogen and oxygen atoms in total. The standard InChI is InChI=1S/C41H51N9O6/c1-24-18-28(51)19-25(2)30(24)22-33(46-36(52)32(16-11-17-44-39(42)43)48-40(54)55-41(3,4)5)37(53)47-34(21-27-23-45-31-15-10-9-14-29(27)31)38-49-35(50-56-38)20-26-12-7-6-8-13-26/h6-10,12-15,18-19,23,32-34,45,51H,11,16-17,20-22H2,1-5H3,(H,46,52)(H,47,53)(H,48,54)(H4,42,43,44)/t32-,33+,34+/m1/s1. The Morgan fingerprint density at radius 3 is 2.32 bits per heavy atom. The fourth-order valence-electron chi connectivity index (χ4n) is 6.48. The molecule has 56 heavy (non-hydrogen) atoms. The monoisotopic (exact) mass is 765 g/mol. The number of aromatic hydroxyl groups is 1. The number of alkyl carbamates (subject to hydrolysis) is 1. The van der Waals surface area contributed by atoms with Gasteiger partial charge in [0, 0.05) is 42.9 Å². The molecule has 3 aromatic carbocycles. The number of carbonyl (C=O) groups excluding carboxylic acids is 3. The van der Waals surface area contributed by atoms with Crippen LogP contribution in [0.2, 0.25) is 0 Å². The van der Waals surface area contributed by atoms with E-state index in [1.807, 2.05) is 74.6 Å². The molecule has 2 heterocycles. The number of hydrogen-bond donors (Lipinski definition) is 8. The largest absolute Gasteiger partial charge is 0.508 e. The molecule has 0 saturated carbocycles. The minimum atomic E-state index is -1.15. The number of carbonyl (C=O) groups is 3. The SMILES string of the molecule is Cc1cc(O)cc(C)c1C[C@H](NC(=O)[C@@H](CCCNC(=N)N)NC(=O)OC(C)(C)C)C(=O)N[C@@H](Cc1c[nH]c2ccccc12)c1nc(Cc2ccccc2)no1. The third-order valence-corrected chi connectivity index (χ3v) is 9.12. The van der Waals surface area contributed by atoms with E-state index in [4.69, 9.17) is 25.4 Å². The van der Waals surface area contributed by atoms with Crippen molar-refractivity contribution in [3.05, 3.63) is 112 Å². The second-order valence-corrected chi connectivity index (χ2v) is 14.8. The number of guanidine groups is 1. The molecule has 9 N–H and O–H groups in total. The number of ether oxygens (including phenoxy) is 1. The first kappa shape index (κ1) is 40.8. The third kappa shape index (κ3) is 11.6. The lowest BCUT2D eigenvalue weighted by molar-refractivity contribution is -0.130. The Morgan fingerprint density at radius 2 is 1.62 bits per heavy atom. The summed E-state index contributed by atoms with van der Waals surface area (Å²) in [5.74, 6) is -0.663. The number of aromatic amines is 1. The number of benzene rings is 3. The first-order chi connectivity index (χ1) is 26.6. The van der Waals surface area contributed by atoms with Crippen LogP contribution in [0.25, 0.3) is 10.9 Å². The lowest BCUT2D eigenvalue weighted by Gasteiger charge is -2.27. The summed E-state index contributed by atoms with van der Waals surface area (Å²) in [6, 6.07) is 17.7. The summed E-state index contributed by atoms with van der Waals surface area (Å²) in [6.07, 6.45) is 2.34. The maximum atomic E-state index is 14.6. The topological polar surface area (TPSA) is 233 Å². The van der Waals surface area contributed by atoms with Crippen LogP contribution in [-0.2, 0) is 33.6 Å². The Kier molecular flexibility index (Phi) is 13.3. The summed E-state index contributed by atoms with van der Waals surface area (Å²) in [7, 11) is 0. The Labute approximate surface area is 325 Å². The van der Waals surface area contributed by atoms with E-state index < -0.39 is 41.6 Å². The predicted molar refractivity (Wildman–Crippen MR) is 212 cm³/mol. The van der Waals surface area contributed by atoms with Crippen molar-refractivity contribution >= 4 is 34.8 Å². The number of amides is 3. The van der Waals surface area contributed by atoms with Gasteiger partial charge >= 0.3 is 6.09 Å². The molecule has 0 fully saturated rings. The van der Waals surface area contributed by atoms with Gasteiger partial charge in [0.1, 0.15) is 29.5 Å². The van der Waals surface area contributed by atoms with Gasteiger partial charge in [-0.2, -0.15) is 4.98 Å². The number of nitrogens with zero attached hydrogens (tertiary/aromatic N) is 2. The van der Waals surface area contributed by atoms with Gasteiger partial charge in [-0.1, -0.05) is 53.7 Å². The average Bonchev–Trinajstić information content (AvgIpc) is 3.76. The second-order valence-electron chi connectivity index (χ2n) is 14.8. The fourth-order valence-corrected chi connectivity index (χ4v) is 6.48. The lowest BCUT2D eigenvalue weighted by Crippen LogP contribution is -2.55. The van der Waals surface area contributed by atoms with Gasteiger partial charge in [0.05, 0.1) is 0 Å². The van der Waals surface area contributed by atoms with Crippen molar-refractivity contribution < 1.29 is 28.8 Å². The third-order valence-electron chi connectivity index (χ3n) is 9.12. The van der Waals surface area contributed by atoms with Crippen molar-refractivity contribution in [3.63, 3.8) is 0 Å². The number of nitrogens with one attached hydrogen (secondary N) is 6. The van der Waals surface area contributed by atoms with Crippen molar-refractivity contribution in [2.24, 2.45) is 5.73 Å². The van der Waals surface area contributed by atoms with Crippen molar-refractivity contribution in [1.82, 2.24) is 36.4 Å². The zero-order valence-corrected chi connectivity index (χ0v) is 32.4. The normalized spacial score (nSPS) is 13.0. The second kappa shape index (κ2) is 18.3. The van der Waals surface area contributed by atoms with Gasteiger partial charge in [-0.3, -0.25) is 15.0 Å². The smallest absolute Gasteiger partial charge is 0.408 e. The van der Waals surface area contributed by atoms with Crippen LogP contribution in [-0.4, -0.2) is 68.3 Å². The molecule has 15 heteroatoms. The molecule has 0 aliphatic heterocycles. The van der Waals surface area contributed by atoms with Crippen LogP contribution in [0, 0.1) is 19.3 Å². The van der Waals surface area contributed by atoms with E-state index in [-0.39, 0.29) is 43.4 Å². The molecule has 3 amide bonds. The van der Waals surface area contributed by atoms with Crippen LogP contribution in [0.3, 0.4) is 0 Å². The molecule has 3 atom stereocenters. The highest BCUT2D eigenvalue weighted by atomic mass is 16.6. The van der Waals surface area contributed by atoms with E-state index in [0.29, 0.717) is 18.7 Å². The molecule has 0 radical (unpaired) electrons. The molecule has 0 saturated heterocycles. The number of nitrogens with two attached hydrogens (primary N) is 1. The molecule has 0 unspecified atom stereocenters. The predicted octanol–water partition coefficient (Wildman–Crippen LogP) is 4.75. The number of rotatable bonds is 16. The van der Waals surface area contributed by atoms with Gasteiger partial charge in [0.15, 0.2) is 11.8 Å². The van der Waals surface area contributed by atoms with Crippen molar-refractivity contribution in [1.29, 1.82) is 5.41 Å². The van der Waals surface area contributed by atoms with E-state index in [1.165, 1.54) is 0 Å². The van der Waals surface area contributed by atoms with Gasteiger partial charge in [0.25, 0.3) is 0 Å². The van der Waals surface area contributed by atoms with Gasteiger partial charge in [-0.15, -0.1) is 0 Å². The highest BCUT2D eigenvalue weighted by Gasteiger charge is 2.32. The zero-order valence-electron chi connectivity index (χ0n) is 32.4. The van der Waals surface area contributed by atoms with E-state index in [9.17, 15) is 19.5 Å². The van der Waals surface area contributed by atoms with Crippen LogP contribution in [0.5, 0.6) is 5.75 Å². The minimum absolute atomic E-state index is 0.0590. The maximum Gasteiger partial charge on any atom is 0.408 e. The van der Waals surface area contributed by atoms with Gasteiger partial charge < -0.3 is 46.4 Å². The molecular formula is C41H51N9O6. The number of para-hydroxylation sites is 1. The molecule has 5 aromatic rings. The quantitative estimate of drug-likeness (QED) is 0.0390. The summed E-state index contributed by atoms with van der Waals surface area (Å²) in [4.78, 5) is 49.6. The van der Waals surface area contributed by atoms with Gasteiger partial charge in [0.2, 0.25) is 17.7 Å². The average molecular weight is 766 g/mol. The number of fused-ring (bicyclic) bond motifs is 1. The fraction of sp³-hybridized carbons (Fsp3) is 0.366. The number of aromatic nitrogens is 3. The highest BCUT2D eigenvalue weighted by Crippen LogP contribution is 2.26. The van der Waals surface area contributed by atoms with Crippen molar-refractivity contribution in [2.45, 2.75) is 90.4 Å². The summed E-state index contributed by atoms with van der Waals surface area (Å²) in [5.41, 5.74) is 9.64. The van der Waals surface area contributed by atoms with Gasteiger partial charge in [-0.25, -0.2) is 4.79 Å². The van der Waals surface area contributed by atoms with Crippen LogP contribution in [0.1, 0.15) is 79.2 Å². The number of hydrogen-bond acceptors (Lipinski definition) is 9. The Hall–Kier alpha value is -6.38. The molecule has 2 aromatic heterocycles. The maximum absolute atomic E-state index is 14.6. The molecule has 0 bridgehead atoms. The number of phenolic OH excluding ortho intramolecular Hbond substituents is 1. The van der Waals surface area contributed by atoms with E-state index in [2.05, 4.69) is 31.4 Å². The van der Waals surface area contributed by atoms with Crippen LogP contribution >= 0.6 is 0 Å². The molecule has 0 aliphatic rings. The molecule has 0 spiro atoms. The van der Waals surface area contributed by atoms with Crippen molar-refractivity contribution in [3.8, 4) is 5.75 Å². The first-order valence-corrected chi connectivity index (χ1v) is 18.5. The summed E-state index contributed by atoms with van der Waals surface area (Å²) < 4.78 is 11.2. The molecule has 0 aliphatic carbocycles. The van der Waals surface area contributed by atoms with E-state index in [1.54, 1.807) is 32.9 Å². The minimum Gasteiger partial charge on any atom is -0.508 e. The van der Waals surface area contributed by atoms with Crippen LogP contribution < -0.4 is 27.0 Å². The number of phenols is 1. The summed E-state index contributed by atoms with van der Waals surface area (Å²) in [5, 5.41) is 34.3. The Morgan fingerprint density at radius 1 is 0.946 bits per heavy atom. The molecular weight excluding hydrogens is 715 g/mol. The van der Waals surface area contributed by atoms with E-state index in [0.717, 1.165) is 38.7 Å². The van der Waals surface area contributed by atoms with Crippen LogP contribution in [0.4, 0.5) is 4.79 Å². The van der Waals surface area contributed by atoms with Crippen molar-refractivity contribution in [2.75, 3.05) is 6.54 Å². The Bertz CT molecular complexity index is 2120. The van der Waals surface area contributed by atoms with Gasteiger partial charge in [-0.05, 0) is 93.5 Å². The first-order valence-electron chi connectivity index (χ1n) is 18.5. The Balaban J connectivity index is 1.46. The summed E-state index contributed by atoms with van der Waals surface area (Å²) >= 11 is 0. The zero-order chi connectivity index (χ0) is 40.4. The number of aryl methyl sites for hydroxylation is 2. The number of H-pyrrole nitrogens is 1. The lowest BCUT2D eigenvalue weighted by atomic mass is 9.95. The molecule has 5 rings (SSSR count). The van der Waals surface area contributed by atoms with Crippen LogP contribution in [0.15, 0.2) is 77.4 Å². The summed E-state index contributed by atoms with van der Waals surface area (Å²) in [6.45, 7) is 9.04. The molecule has 296 valence electrons.